The highest BCUT2D eigenvalue weighted by atomic mass is 32.1. The van der Waals surface area contributed by atoms with E-state index in [2.05, 4.69) is 70.4 Å². The van der Waals surface area contributed by atoms with Crippen molar-refractivity contribution in [1.29, 1.82) is 0 Å². The molecule has 1 heterocycles. The fourth-order valence-electron chi connectivity index (χ4n) is 2.52. The normalized spacial score (nSPS) is 13.1. The summed E-state index contributed by atoms with van der Waals surface area (Å²) in [6.45, 7) is 13.1. The summed E-state index contributed by atoms with van der Waals surface area (Å²) < 4.78 is 0. The largest absolute Gasteiger partial charge is 0.302 e. The second-order valence-electron chi connectivity index (χ2n) is 6.44. The number of thiazole rings is 1. The van der Waals surface area contributed by atoms with Gasteiger partial charge in [0, 0.05) is 11.4 Å². The van der Waals surface area contributed by atoms with E-state index < -0.39 is 0 Å². The van der Waals surface area contributed by atoms with Gasteiger partial charge in [-0.05, 0) is 39.2 Å². The van der Waals surface area contributed by atoms with Crippen LogP contribution in [0.3, 0.4) is 0 Å². The van der Waals surface area contributed by atoms with Crippen molar-refractivity contribution in [3.63, 3.8) is 0 Å². The van der Waals surface area contributed by atoms with Gasteiger partial charge >= 0.3 is 0 Å². The van der Waals surface area contributed by atoms with E-state index in [0.717, 1.165) is 5.01 Å². The van der Waals surface area contributed by atoms with E-state index in [0.29, 0.717) is 12.0 Å². The maximum absolute atomic E-state index is 4.85. The first-order valence-electron chi connectivity index (χ1n) is 7.66. The molecule has 2 aromatic rings. The van der Waals surface area contributed by atoms with Gasteiger partial charge in [-0.1, -0.05) is 43.2 Å². The minimum absolute atomic E-state index is 0.182. The van der Waals surface area contributed by atoms with E-state index >= 15 is 0 Å². The zero-order valence-corrected chi connectivity index (χ0v) is 14.7. The van der Waals surface area contributed by atoms with E-state index in [-0.39, 0.29) is 6.04 Å². The number of hydrogen-bond acceptors (Lipinski definition) is 3. The van der Waals surface area contributed by atoms with Crippen molar-refractivity contribution in [2.75, 3.05) is 0 Å². The minimum Gasteiger partial charge on any atom is -0.302 e. The van der Waals surface area contributed by atoms with Crippen LogP contribution >= 0.6 is 11.3 Å². The summed E-state index contributed by atoms with van der Waals surface area (Å²) in [5, 5.41) is 7.02. The van der Waals surface area contributed by atoms with Gasteiger partial charge in [-0.25, -0.2) is 4.98 Å². The molecule has 0 radical (unpaired) electrons. The summed E-state index contributed by atoms with van der Waals surface area (Å²) in [5.74, 6) is 0.481. The molecule has 2 rings (SSSR count). The van der Waals surface area contributed by atoms with E-state index in [1.165, 1.54) is 22.4 Å². The van der Waals surface area contributed by atoms with Crippen LogP contribution in [-0.4, -0.2) is 11.0 Å². The van der Waals surface area contributed by atoms with Crippen LogP contribution in [0, 0.1) is 13.8 Å². The molecule has 1 unspecified atom stereocenters. The highest BCUT2D eigenvalue weighted by Gasteiger charge is 2.20. The van der Waals surface area contributed by atoms with Crippen LogP contribution in [0.4, 0.5) is 0 Å². The first-order valence-corrected chi connectivity index (χ1v) is 8.54. The lowest BCUT2D eigenvalue weighted by atomic mass is 10.0. The lowest BCUT2D eigenvalue weighted by molar-refractivity contribution is 0.525. The minimum atomic E-state index is 0.182. The Balaban J connectivity index is 2.41. The van der Waals surface area contributed by atoms with Gasteiger partial charge < -0.3 is 5.32 Å². The summed E-state index contributed by atoms with van der Waals surface area (Å²) in [7, 11) is 0. The van der Waals surface area contributed by atoms with E-state index in [4.69, 9.17) is 4.98 Å². The lowest BCUT2D eigenvalue weighted by Gasteiger charge is -2.21. The molecule has 0 saturated heterocycles. The van der Waals surface area contributed by atoms with Crippen LogP contribution in [0.2, 0.25) is 0 Å². The number of nitrogens with one attached hydrogen (secondary N) is 1. The standard InChI is InChI=1S/C18H26N2S/c1-11(2)16-10-21-18(20-16)17(19-12(3)4)15-8-13(5)7-14(6)9-15/h7-12,17,19H,1-6H3. The quantitative estimate of drug-likeness (QED) is 0.843. The molecule has 114 valence electrons. The van der Waals surface area contributed by atoms with Gasteiger partial charge in [-0.2, -0.15) is 0 Å². The Labute approximate surface area is 132 Å². The SMILES string of the molecule is Cc1cc(C)cc(C(NC(C)C)c2nc(C(C)C)cs2)c1. The summed E-state index contributed by atoms with van der Waals surface area (Å²) in [6, 6.07) is 7.35. The summed E-state index contributed by atoms with van der Waals surface area (Å²) in [5.41, 5.74) is 5.11. The van der Waals surface area contributed by atoms with Crippen molar-refractivity contribution in [1.82, 2.24) is 10.3 Å². The number of aryl methyl sites for hydroxylation is 2. The molecule has 1 aromatic carbocycles. The molecule has 3 heteroatoms. The Morgan fingerprint density at radius 2 is 1.62 bits per heavy atom. The van der Waals surface area contributed by atoms with Crippen LogP contribution in [-0.2, 0) is 0 Å². The third kappa shape index (κ3) is 4.14. The zero-order chi connectivity index (χ0) is 15.6. The van der Waals surface area contributed by atoms with Crippen LogP contribution in [0.15, 0.2) is 23.6 Å². The Kier molecular flexibility index (Phi) is 5.17. The van der Waals surface area contributed by atoms with Gasteiger partial charge in [0.25, 0.3) is 0 Å². The molecule has 1 aromatic heterocycles. The second kappa shape index (κ2) is 6.71. The van der Waals surface area contributed by atoms with Gasteiger partial charge in [0.15, 0.2) is 0 Å². The van der Waals surface area contributed by atoms with E-state index in [1.807, 2.05) is 0 Å². The average molecular weight is 302 g/mol. The third-order valence-electron chi connectivity index (χ3n) is 3.46. The molecule has 1 N–H and O–H groups in total. The number of benzene rings is 1. The smallest absolute Gasteiger partial charge is 0.114 e. The van der Waals surface area contributed by atoms with Crippen LogP contribution in [0.1, 0.15) is 67.0 Å². The summed E-state index contributed by atoms with van der Waals surface area (Å²) in [4.78, 5) is 4.85. The fraction of sp³-hybridized carbons (Fsp3) is 0.500. The van der Waals surface area contributed by atoms with Crippen molar-refractivity contribution in [3.8, 4) is 0 Å². The van der Waals surface area contributed by atoms with Crippen molar-refractivity contribution in [2.45, 2.75) is 59.5 Å². The summed E-state index contributed by atoms with van der Waals surface area (Å²) >= 11 is 1.76. The van der Waals surface area contributed by atoms with Crippen LogP contribution in [0.5, 0.6) is 0 Å². The van der Waals surface area contributed by atoms with Crippen molar-refractivity contribution in [3.05, 3.63) is 51.0 Å². The third-order valence-corrected chi connectivity index (χ3v) is 4.38. The molecular formula is C18H26N2S. The van der Waals surface area contributed by atoms with Gasteiger partial charge in [-0.3, -0.25) is 0 Å². The number of aromatic nitrogens is 1. The Hall–Kier alpha value is -1.19. The molecule has 0 bridgehead atoms. The first kappa shape index (κ1) is 16.2. The molecule has 21 heavy (non-hydrogen) atoms. The fourth-order valence-corrected chi connectivity index (χ4v) is 3.58. The Morgan fingerprint density at radius 3 is 2.10 bits per heavy atom. The molecule has 0 saturated carbocycles. The second-order valence-corrected chi connectivity index (χ2v) is 7.33. The van der Waals surface area contributed by atoms with Gasteiger partial charge in [0.2, 0.25) is 0 Å². The van der Waals surface area contributed by atoms with Crippen molar-refractivity contribution >= 4 is 11.3 Å². The first-order chi connectivity index (χ1) is 9.86. The van der Waals surface area contributed by atoms with Crippen LogP contribution in [0.25, 0.3) is 0 Å². The average Bonchev–Trinajstić information content (AvgIpc) is 2.83. The highest BCUT2D eigenvalue weighted by Crippen LogP contribution is 2.29. The maximum atomic E-state index is 4.85. The Morgan fingerprint density at radius 1 is 1.00 bits per heavy atom. The highest BCUT2D eigenvalue weighted by molar-refractivity contribution is 7.09. The number of hydrogen-bond donors (Lipinski definition) is 1. The number of rotatable bonds is 5. The molecule has 0 aliphatic heterocycles. The molecule has 1 atom stereocenters. The van der Waals surface area contributed by atoms with E-state index in [9.17, 15) is 0 Å². The molecular weight excluding hydrogens is 276 g/mol. The van der Waals surface area contributed by atoms with Gasteiger partial charge in [0.1, 0.15) is 5.01 Å². The van der Waals surface area contributed by atoms with Gasteiger partial charge in [-0.15, -0.1) is 11.3 Å². The molecule has 0 spiro atoms. The van der Waals surface area contributed by atoms with E-state index in [1.54, 1.807) is 11.3 Å². The number of nitrogens with zero attached hydrogens (tertiary/aromatic N) is 1. The molecule has 0 aliphatic carbocycles. The monoisotopic (exact) mass is 302 g/mol. The predicted molar refractivity (Wildman–Crippen MR) is 92.2 cm³/mol. The predicted octanol–water partition coefficient (Wildman–Crippen LogP) is 4.97. The van der Waals surface area contributed by atoms with Gasteiger partial charge in [0.05, 0.1) is 11.7 Å². The molecule has 0 aliphatic rings. The Bertz CT molecular complexity index is 579. The maximum Gasteiger partial charge on any atom is 0.114 e. The zero-order valence-electron chi connectivity index (χ0n) is 13.9. The molecule has 2 nitrogen and oxygen atoms in total. The summed E-state index contributed by atoms with van der Waals surface area (Å²) in [6.07, 6.45) is 0. The van der Waals surface area contributed by atoms with Crippen LogP contribution < -0.4 is 5.32 Å². The molecule has 0 fully saturated rings. The lowest BCUT2D eigenvalue weighted by Crippen LogP contribution is -2.29. The van der Waals surface area contributed by atoms with Crippen molar-refractivity contribution < 1.29 is 0 Å². The topological polar surface area (TPSA) is 24.9 Å². The van der Waals surface area contributed by atoms with Crippen molar-refractivity contribution in [2.24, 2.45) is 0 Å². The molecule has 0 amide bonds.